The third-order valence-corrected chi connectivity index (χ3v) is 5.22. The molecule has 0 spiro atoms. The second-order valence-electron chi connectivity index (χ2n) is 6.95. The predicted octanol–water partition coefficient (Wildman–Crippen LogP) is 1.87. The second-order valence-corrected chi connectivity index (χ2v) is 6.95. The van der Waals surface area contributed by atoms with E-state index in [0.717, 1.165) is 12.1 Å². The average Bonchev–Trinajstić information content (AvgIpc) is 3.25. The highest BCUT2D eigenvalue weighted by Gasteiger charge is 2.38. The van der Waals surface area contributed by atoms with Crippen molar-refractivity contribution in [3.63, 3.8) is 0 Å². The molecule has 0 radical (unpaired) electrons. The number of likely N-dealkylation sites (N-methyl/N-ethyl adjacent to an activating group) is 1. The number of hydrogen-bond acceptors (Lipinski definition) is 5. The Hall–Kier alpha value is -3.55. The molecule has 1 N–H and O–H groups in total. The molecule has 1 aliphatic rings. The van der Waals surface area contributed by atoms with Gasteiger partial charge in [0.2, 0.25) is 5.91 Å². The summed E-state index contributed by atoms with van der Waals surface area (Å²) < 4.78 is 41.6. The Morgan fingerprint density at radius 2 is 2.03 bits per heavy atom. The molecule has 1 saturated heterocycles. The Labute approximate surface area is 176 Å². The maximum atomic E-state index is 13.3. The van der Waals surface area contributed by atoms with Crippen molar-refractivity contribution in [2.45, 2.75) is 25.7 Å². The lowest BCUT2D eigenvalue weighted by atomic mass is 10.0. The number of piperazine rings is 1. The molecule has 1 aromatic heterocycles. The first-order valence-electron chi connectivity index (χ1n) is 9.62. The van der Waals surface area contributed by atoms with Gasteiger partial charge in [0.15, 0.2) is 0 Å². The normalized spacial score (nSPS) is 16.7. The van der Waals surface area contributed by atoms with Crippen LogP contribution >= 0.6 is 0 Å². The van der Waals surface area contributed by atoms with Crippen molar-refractivity contribution < 1.29 is 22.8 Å². The lowest BCUT2D eigenvalue weighted by Gasteiger charge is -2.41. The van der Waals surface area contributed by atoms with Gasteiger partial charge in [-0.05, 0) is 31.2 Å². The molecule has 0 aliphatic carbocycles. The van der Waals surface area contributed by atoms with Crippen LogP contribution in [0.25, 0.3) is 0 Å². The maximum Gasteiger partial charge on any atom is 0.417 e. The average molecular weight is 434 g/mol. The van der Waals surface area contributed by atoms with Crippen LogP contribution in [0.15, 0.2) is 30.5 Å². The van der Waals surface area contributed by atoms with Crippen molar-refractivity contribution in [1.29, 1.82) is 5.26 Å². The van der Waals surface area contributed by atoms with Gasteiger partial charge in [0, 0.05) is 45.1 Å². The van der Waals surface area contributed by atoms with Crippen LogP contribution in [0.4, 0.5) is 18.9 Å². The first-order chi connectivity index (χ1) is 14.7. The monoisotopic (exact) mass is 434 g/mol. The Balaban J connectivity index is 1.91. The van der Waals surface area contributed by atoms with Gasteiger partial charge in [-0.1, -0.05) is 0 Å². The minimum absolute atomic E-state index is 0.00880. The highest BCUT2D eigenvalue weighted by Crippen LogP contribution is 2.35. The van der Waals surface area contributed by atoms with Crippen LogP contribution < -0.4 is 10.2 Å². The van der Waals surface area contributed by atoms with Crippen molar-refractivity contribution in [1.82, 2.24) is 20.0 Å². The number of alkyl halides is 3. The van der Waals surface area contributed by atoms with Gasteiger partial charge in [0.05, 0.1) is 17.2 Å². The number of anilines is 1. The molecule has 2 amide bonds. The predicted molar refractivity (Wildman–Crippen MR) is 105 cm³/mol. The van der Waals surface area contributed by atoms with E-state index in [4.69, 9.17) is 5.26 Å². The number of nitrogens with zero attached hydrogens (tertiary/aromatic N) is 5. The van der Waals surface area contributed by atoms with E-state index >= 15 is 0 Å². The van der Waals surface area contributed by atoms with Gasteiger partial charge in [-0.25, -0.2) is 0 Å². The van der Waals surface area contributed by atoms with Gasteiger partial charge in [-0.2, -0.15) is 23.5 Å². The van der Waals surface area contributed by atoms with E-state index in [1.807, 2.05) is 6.92 Å². The smallest absolute Gasteiger partial charge is 0.367 e. The number of hydrogen-bond donors (Lipinski definition) is 1. The molecule has 2 heterocycles. The number of carbonyl (C=O) groups excluding carboxylic acids is 2. The third-order valence-electron chi connectivity index (χ3n) is 5.22. The summed E-state index contributed by atoms with van der Waals surface area (Å²) in [6.07, 6.45) is -3.19. The Morgan fingerprint density at radius 1 is 1.29 bits per heavy atom. The lowest BCUT2D eigenvalue weighted by molar-refractivity contribution is -0.137. The van der Waals surface area contributed by atoms with E-state index in [1.165, 1.54) is 28.9 Å². The van der Waals surface area contributed by atoms with Gasteiger partial charge >= 0.3 is 6.18 Å². The molecule has 11 heteroatoms. The minimum Gasteiger partial charge on any atom is -0.367 e. The van der Waals surface area contributed by atoms with E-state index in [9.17, 15) is 22.8 Å². The van der Waals surface area contributed by atoms with Gasteiger partial charge < -0.3 is 15.1 Å². The van der Waals surface area contributed by atoms with Gasteiger partial charge in [-0.15, -0.1) is 0 Å². The number of benzene rings is 1. The number of nitrogens with one attached hydrogen (secondary N) is 1. The molecule has 2 aromatic rings. The third kappa shape index (κ3) is 4.33. The van der Waals surface area contributed by atoms with Crippen molar-refractivity contribution in [3.05, 3.63) is 47.3 Å². The number of amides is 2. The number of aryl methyl sites for hydroxylation is 1. The van der Waals surface area contributed by atoms with Crippen LogP contribution in [0, 0.1) is 11.3 Å². The van der Waals surface area contributed by atoms with Crippen LogP contribution in [-0.4, -0.2) is 59.2 Å². The van der Waals surface area contributed by atoms with E-state index < -0.39 is 29.3 Å². The van der Waals surface area contributed by atoms with E-state index in [0.29, 0.717) is 12.2 Å². The Kier molecular flexibility index (Phi) is 6.19. The molecule has 1 fully saturated rings. The van der Waals surface area contributed by atoms with Crippen LogP contribution in [0.2, 0.25) is 0 Å². The fourth-order valence-corrected chi connectivity index (χ4v) is 3.63. The van der Waals surface area contributed by atoms with Crippen LogP contribution in [0.3, 0.4) is 0 Å². The highest BCUT2D eigenvalue weighted by atomic mass is 19.4. The quantitative estimate of drug-likeness (QED) is 0.793. The highest BCUT2D eigenvalue weighted by molar-refractivity contribution is 5.96. The fourth-order valence-electron chi connectivity index (χ4n) is 3.63. The molecule has 0 saturated carbocycles. The molecule has 3 rings (SSSR count). The summed E-state index contributed by atoms with van der Waals surface area (Å²) in [5.74, 6) is -0.797. The fraction of sp³-hybridized carbons (Fsp3) is 0.400. The SMILES string of the molecule is CCn1nccc1C(=O)N1CCN(c2ccc(C#N)c(C(F)(F)F)c2)CC1C(=O)NC. The molecule has 0 bridgehead atoms. The number of aromatic nitrogens is 2. The summed E-state index contributed by atoms with van der Waals surface area (Å²) in [5.41, 5.74) is -0.941. The Morgan fingerprint density at radius 3 is 2.65 bits per heavy atom. The molecule has 1 aromatic carbocycles. The topological polar surface area (TPSA) is 94.3 Å². The molecule has 8 nitrogen and oxygen atoms in total. The molecule has 31 heavy (non-hydrogen) atoms. The number of carbonyl (C=O) groups is 2. The van der Waals surface area contributed by atoms with Gasteiger partial charge in [0.25, 0.3) is 5.91 Å². The summed E-state index contributed by atoms with van der Waals surface area (Å²) in [6, 6.07) is 5.65. The standard InChI is InChI=1S/C20H21F3N6O2/c1-3-29-16(6-7-26-29)19(31)28-9-8-27(12-17(28)18(30)25-2)14-5-4-13(11-24)15(10-14)20(21,22)23/h4-7,10,17H,3,8-9,12H2,1-2H3,(H,25,30). The summed E-state index contributed by atoms with van der Waals surface area (Å²) in [6.45, 7) is 2.68. The van der Waals surface area contributed by atoms with Crippen molar-refractivity contribution in [2.24, 2.45) is 0 Å². The van der Waals surface area contributed by atoms with Crippen molar-refractivity contribution >= 4 is 17.5 Å². The molecule has 1 aliphatic heterocycles. The van der Waals surface area contributed by atoms with E-state index in [1.54, 1.807) is 17.0 Å². The molecular weight excluding hydrogens is 413 g/mol. The van der Waals surface area contributed by atoms with E-state index in [2.05, 4.69) is 10.4 Å². The summed E-state index contributed by atoms with van der Waals surface area (Å²) in [5, 5.41) is 15.6. The summed E-state index contributed by atoms with van der Waals surface area (Å²) in [7, 11) is 1.43. The summed E-state index contributed by atoms with van der Waals surface area (Å²) in [4.78, 5) is 28.6. The van der Waals surface area contributed by atoms with Gasteiger partial charge in [0.1, 0.15) is 11.7 Å². The molecular formula is C20H21F3N6O2. The first-order valence-corrected chi connectivity index (χ1v) is 9.62. The van der Waals surface area contributed by atoms with Crippen LogP contribution in [0.1, 0.15) is 28.5 Å². The Bertz CT molecular complexity index is 1030. The van der Waals surface area contributed by atoms with Gasteiger partial charge in [-0.3, -0.25) is 14.3 Å². The zero-order chi connectivity index (χ0) is 22.8. The first kappa shape index (κ1) is 22.1. The zero-order valence-electron chi connectivity index (χ0n) is 17.0. The van der Waals surface area contributed by atoms with Crippen LogP contribution in [0.5, 0.6) is 0 Å². The number of rotatable bonds is 4. The van der Waals surface area contributed by atoms with E-state index in [-0.39, 0.29) is 31.2 Å². The van der Waals surface area contributed by atoms with Crippen LogP contribution in [-0.2, 0) is 17.5 Å². The van der Waals surface area contributed by atoms with Crippen molar-refractivity contribution in [3.8, 4) is 6.07 Å². The molecule has 1 unspecified atom stereocenters. The zero-order valence-corrected chi connectivity index (χ0v) is 17.0. The minimum atomic E-state index is -4.68. The maximum absolute atomic E-state index is 13.3. The van der Waals surface area contributed by atoms with Crippen molar-refractivity contribution in [2.75, 3.05) is 31.6 Å². The number of halogens is 3. The number of nitriles is 1. The second kappa shape index (κ2) is 8.67. The lowest BCUT2D eigenvalue weighted by Crippen LogP contribution is -2.60. The molecule has 164 valence electrons. The largest absolute Gasteiger partial charge is 0.417 e. The summed E-state index contributed by atoms with van der Waals surface area (Å²) >= 11 is 0. The molecule has 1 atom stereocenters.